The summed E-state index contributed by atoms with van der Waals surface area (Å²) in [4.78, 5) is 6.41. The van der Waals surface area contributed by atoms with Gasteiger partial charge in [0.1, 0.15) is 0 Å². The molecule has 0 amide bonds. The highest BCUT2D eigenvalue weighted by molar-refractivity contribution is 5.45. The van der Waals surface area contributed by atoms with Gasteiger partial charge in [-0.3, -0.25) is 4.98 Å². The Labute approximate surface area is 84.9 Å². The van der Waals surface area contributed by atoms with Crippen LogP contribution in [0.25, 0.3) is 0 Å². The molecule has 1 fully saturated rings. The molecule has 0 saturated heterocycles. The topological polar surface area (TPSA) is 42.2 Å². The quantitative estimate of drug-likeness (QED) is 0.788. The van der Waals surface area contributed by atoms with Gasteiger partial charge in [-0.1, -0.05) is 0 Å². The van der Waals surface area contributed by atoms with Crippen LogP contribution in [0.2, 0.25) is 0 Å². The van der Waals surface area contributed by atoms with E-state index in [4.69, 9.17) is 5.73 Å². The van der Waals surface area contributed by atoms with E-state index < -0.39 is 0 Å². The predicted molar refractivity (Wildman–Crippen MR) is 58.2 cm³/mol. The van der Waals surface area contributed by atoms with Gasteiger partial charge in [-0.05, 0) is 30.9 Å². The molecule has 0 radical (unpaired) electrons. The zero-order valence-electron chi connectivity index (χ0n) is 8.77. The summed E-state index contributed by atoms with van der Waals surface area (Å²) in [6, 6.07) is 4.22. The van der Waals surface area contributed by atoms with Crippen molar-refractivity contribution < 1.29 is 0 Å². The van der Waals surface area contributed by atoms with Crippen LogP contribution in [0.15, 0.2) is 18.3 Å². The Morgan fingerprint density at radius 2 is 2.21 bits per heavy atom. The van der Waals surface area contributed by atoms with Crippen molar-refractivity contribution in [3.63, 3.8) is 0 Å². The first-order chi connectivity index (χ1) is 6.68. The molecule has 1 aromatic rings. The van der Waals surface area contributed by atoms with E-state index in [1.807, 2.05) is 26.4 Å². The average molecular weight is 191 g/mol. The van der Waals surface area contributed by atoms with Crippen LogP contribution in [0.5, 0.6) is 0 Å². The lowest BCUT2D eigenvalue weighted by Gasteiger charge is -2.15. The molecule has 76 valence electrons. The van der Waals surface area contributed by atoms with Crippen molar-refractivity contribution in [2.45, 2.75) is 18.9 Å². The normalized spacial score (nSPS) is 17.9. The highest BCUT2D eigenvalue weighted by Crippen LogP contribution is 2.39. The van der Waals surface area contributed by atoms with Gasteiger partial charge in [-0.25, -0.2) is 0 Å². The van der Waals surface area contributed by atoms with Crippen LogP contribution in [0, 0.1) is 5.92 Å². The second kappa shape index (κ2) is 3.58. The maximum Gasteiger partial charge on any atom is 0.0594 e. The van der Waals surface area contributed by atoms with E-state index in [0.29, 0.717) is 5.92 Å². The molecule has 2 rings (SSSR count). The number of hydrogen-bond donors (Lipinski definition) is 1. The van der Waals surface area contributed by atoms with E-state index in [0.717, 1.165) is 5.69 Å². The third kappa shape index (κ3) is 1.87. The summed E-state index contributed by atoms with van der Waals surface area (Å²) in [7, 11) is 4.06. The fourth-order valence-corrected chi connectivity index (χ4v) is 1.59. The summed E-state index contributed by atoms with van der Waals surface area (Å²) in [5.74, 6) is 0.667. The average Bonchev–Trinajstić information content (AvgIpc) is 3.00. The summed E-state index contributed by atoms with van der Waals surface area (Å²) in [6.45, 7) is 0. The maximum atomic E-state index is 6.09. The van der Waals surface area contributed by atoms with E-state index in [9.17, 15) is 0 Å². The molecule has 1 aliphatic carbocycles. The summed E-state index contributed by atoms with van der Waals surface area (Å²) in [5.41, 5.74) is 8.29. The molecular formula is C11H17N3. The van der Waals surface area contributed by atoms with Gasteiger partial charge in [0.15, 0.2) is 0 Å². The van der Waals surface area contributed by atoms with Gasteiger partial charge >= 0.3 is 0 Å². The minimum atomic E-state index is 0.134. The molecule has 0 unspecified atom stereocenters. The molecule has 1 atom stereocenters. The number of rotatable bonds is 3. The highest BCUT2D eigenvalue weighted by atomic mass is 15.1. The third-order valence-electron chi connectivity index (χ3n) is 2.75. The summed E-state index contributed by atoms with van der Waals surface area (Å²) < 4.78 is 0. The molecule has 1 aromatic heterocycles. The van der Waals surface area contributed by atoms with Crippen molar-refractivity contribution in [1.82, 2.24) is 4.98 Å². The Hall–Kier alpha value is -1.09. The number of pyridine rings is 1. The maximum absolute atomic E-state index is 6.09. The Morgan fingerprint density at radius 1 is 1.50 bits per heavy atom. The fourth-order valence-electron chi connectivity index (χ4n) is 1.59. The van der Waals surface area contributed by atoms with Gasteiger partial charge in [-0.2, -0.15) is 0 Å². The Morgan fingerprint density at radius 3 is 2.79 bits per heavy atom. The zero-order valence-corrected chi connectivity index (χ0v) is 8.77. The summed E-state index contributed by atoms with van der Waals surface area (Å²) in [6.07, 6.45) is 4.36. The summed E-state index contributed by atoms with van der Waals surface area (Å²) in [5, 5.41) is 0. The van der Waals surface area contributed by atoms with Crippen molar-refractivity contribution >= 4 is 5.69 Å². The molecule has 0 bridgehead atoms. The second-order valence-electron chi connectivity index (χ2n) is 4.20. The molecule has 1 heterocycles. The number of nitrogens with two attached hydrogens (primary N) is 1. The Kier molecular flexibility index (Phi) is 2.42. The van der Waals surface area contributed by atoms with Crippen LogP contribution in [0.4, 0.5) is 5.69 Å². The predicted octanol–water partition coefficient (Wildman–Crippen LogP) is 1.56. The third-order valence-corrected chi connectivity index (χ3v) is 2.75. The molecule has 3 nitrogen and oxygen atoms in total. The van der Waals surface area contributed by atoms with Crippen LogP contribution in [-0.2, 0) is 0 Å². The lowest BCUT2D eigenvalue weighted by Crippen LogP contribution is -2.16. The monoisotopic (exact) mass is 191 g/mol. The SMILES string of the molecule is CN(C)c1ccnc([C@H](N)C2CC2)c1. The van der Waals surface area contributed by atoms with Crippen molar-refractivity contribution in [3.05, 3.63) is 24.0 Å². The number of hydrogen-bond acceptors (Lipinski definition) is 3. The second-order valence-corrected chi connectivity index (χ2v) is 4.20. The molecule has 1 saturated carbocycles. The molecule has 1 aliphatic rings. The number of nitrogens with zero attached hydrogens (tertiary/aromatic N) is 2. The lowest BCUT2D eigenvalue weighted by molar-refractivity contribution is 0.615. The minimum absolute atomic E-state index is 0.134. The molecular weight excluding hydrogens is 174 g/mol. The van der Waals surface area contributed by atoms with Crippen molar-refractivity contribution in [1.29, 1.82) is 0 Å². The number of aromatic nitrogens is 1. The van der Waals surface area contributed by atoms with Gasteiger partial charge in [0.05, 0.1) is 5.69 Å². The van der Waals surface area contributed by atoms with Gasteiger partial charge in [0, 0.05) is 32.0 Å². The first-order valence-corrected chi connectivity index (χ1v) is 5.07. The number of anilines is 1. The van der Waals surface area contributed by atoms with Gasteiger partial charge in [0.25, 0.3) is 0 Å². The zero-order chi connectivity index (χ0) is 10.1. The van der Waals surface area contributed by atoms with Gasteiger partial charge in [0.2, 0.25) is 0 Å². The first-order valence-electron chi connectivity index (χ1n) is 5.07. The molecule has 0 aromatic carbocycles. The minimum Gasteiger partial charge on any atom is -0.378 e. The van der Waals surface area contributed by atoms with Crippen LogP contribution < -0.4 is 10.6 Å². The highest BCUT2D eigenvalue weighted by Gasteiger charge is 2.30. The van der Waals surface area contributed by atoms with Gasteiger partial charge < -0.3 is 10.6 Å². The largest absolute Gasteiger partial charge is 0.378 e. The molecule has 3 heteroatoms. The van der Waals surface area contributed by atoms with Crippen LogP contribution in [0.1, 0.15) is 24.6 Å². The van der Waals surface area contributed by atoms with Crippen LogP contribution >= 0.6 is 0 Å². The van der Waals surface area contributed by atoms with Crippen molar-refractivity contribution in [2.75, 3.05) is 19.0 Å². The molecule has 0 aliphatic heterocycles. The summed E-state index contributed by atoms with van der Waals surface area (Å²) >= 11 is 0. The fraction of sp³-hybridized carbons (Fsp3) is 0.545. The Bertz CT molecular complexity index is 318. The standard InChI is InChI=1S/C11H17N3/c1-14(2)9-5-6-13-10(7-9)11(12)8-3-4-8/h5-8,11H,3-4,12H2,1-2H3/t11-/m1/s1. The molecule has 0 spiro atoms. The van der Waals surface area contributed by atoms with Crippen molar-refractivity contribution in [3.8, 4) is 0 Å². The van der Waals surface area contributed by atoms with Crippen molar-refractivity contribution in [2.24, 2.45) is 11.7 Å². The molecule has 14 heavy (non-hydrogen) atoms. The smallest absolute Gasteiger partial charge is 0.0594 e. The Balaban J connectivity index is 2.20. The van der Waals surface area contributed by atoms with E-state index in [-0.39, 0.29) is 6.04 Å². The molecule has 2 N–H and O–H groups in total. The van der Waals surface area contributed by atoms with Crippen LogP contribution in [-0.4, -0.2) is 19.1 Å². The van der Waals surface area contributed by atoms with Gasteiger partial charge in [-0.15, -0.1) is 0 Å². The van der Waals surface area contributed by atoms with Crippen LogP contribution in [0.3, 0.4) is 0 Å². The van der Waals surface area contributed by atoms with E-state index in [1.165, 1.54) is 18.5 Å². The lowest BCUT2D eigenvalue weighted by atomic mass is 10.1. The van der Waals surface area contributed by atoms with E-state index in [1.54, 1.807) is 0 Å². The van der Waals surface area contributed by atoms with E-state index in [2.05, 4.69) is 16.0 Å². The van der Waals surface area contributed by atoms with E-state index >= 15 is 0 Å². The first kappa shape index (κ1) is 9.46.